The number of hydrogen-bond donors (Lipinski definition) is 2. The van der Waals surface area contributed by atoms with Gasteiger partial charge in [-0.1, -0.05) is 6.92 Å². The highest BCUT2D eigenvalue weighted by atomic mass is 16.5. The van der Waals surface area contributed by atoms with Crippen LogP contribution in [-0.2, 0) is 9.53 Å². The van der Waals surface area contributed by atoms with Crippen molar-refractivity contribution in [3.05, 3.63) is 0 Å². The van der Waals surface area contributed by atoms with E-state index < -0.39 is 17.5 Å². The molecule has 0 aliphatic rings. The fourth-order valence-corrected chi connectivity index (χ4v) is 1.36. The molecule has 0 aromatic heterocycles. The minimum Gasteiger partial charge on any atom is -0.481 e. The summed E-state index contributed by atoms with van der Waals surface area (Å²) in [4.78, 5) is 10.7. The average molecular weight is 190 g/mol. The first-order valence-corrected chi connectivity index (χ1v) is 4.39. The Bertz CT molecular complexity index is 165. The molecule has 13 heavy (non-hydrogen) atoms. The third-order valence-corrected chi connectivity index (χ3v) is 2.27. The Morgan fingerprint density at radius 3 is 2.46 bits per heavy atom. The van der Waals surface area contributed by atoms with E-state index in [2.05, 4.69) is 0 Å². The highest BCUT2D eigenvalue weighted by Gasteiger charge is 2.35. The van der Waals surface area contributed by atoms with Crippen molar-refractivity contribution in [1.82, 2.24) is 0 Å². The van der Waals surface area contributed by atoms with E-state index in [-0.39, 0.29) is 0 Å². The summed E-state index contributed by atoms with van der Waals surface area (Å²) in [6.07, 6.45) is 0.764. The van der Waals surface area contributed by atoms with Crippen molar-refractivity contribution in [1.29, 1.82) is 0 Å². The molecule has 0 spiro atoms. The van der Waals surface area contributed by atoms with Gasteiger partial charge < -0.3 is 14.9 Å². The summed E-state index contributed by atoms with van der Waals surface area (Å²) < 4.78 is 4.80. The van der Waals surface area contributed by atoms with Gasteiger partial charge in [0.25, 0.3) is 0 Å². The van der Waals surface area contributed by atoms with Crippen molar-refractivity contribution >= 4 is 5.97 Å². The minimum atomic E-state index is -1.18. The highest BCUT2D eigenvalue weighted by molar-refractivity contribution is 5.71. The maximum absolute atomic E-state index is 10.7. The Kier molecular flexibility index (Phi) is 4.95. The average Bonchev–Trinajstić information content (AvgIpc) is 2.01. The van der Waals surface area contributed by atoms with Crippen LogP contribution in [0.5, 0.6) is 0 Å². The third kappa shape index (κ3) is 3.74. The van der Waals surface area contributed by atoms with Gasteiger partial charge >= 0.3 is 5.97 Å². The van der Waals surface area contributed by atoms with E-state index in [1.54, 1.807) is 6.92 Å². The Labute approximate surface area is 78.5 Å². The SMILES string of the molecule is CCC(C(=O)O)C(C)(O)CCOC. The van der Waals surface area contributed by atoms with Crippen molar-refractivity contribution < 1.29 is 19.7 Å². The molecule has 2 atom stereocenters. The van der Waals surface area contributed by atoms with Crippen molar-refractivity contribution in [3.63, 3.8) is 0 Å². The van der Waals surface area contributed by atoms with Crippen LogP contribution in [0.15, 0.2) is 0 Å². The molecule has 4 heteroatoms. The molecular weight excluding hydrogens is 172 g/mol. The quantitative estimate of drug-likeness (QED) is 0.652. The van der Waals surface area contributed by atoms with Crippen molar-refractivity contribution in [2.24, 2.45) is 5.92 Å². The Hall–Kier alpha value is -0.610. The highest BCUT2D eigenvalue weighted by Crippen LogP contribution is 2.24. The number of rotatable bonds is 6. The predicted molar refractivity (Wildman–Crippen MR) is 48.5 cm³/mol. The second-order valence-electron chi connectivity index (χ2n) is 3.40. The molecule has 0 aromatic carbocycles. The molecule has 4 nitrogen and oxygen atoms in total. The number of carboxylic acids is 1. The topological polar surface area (TPSA) is 66.8 Å². The molecule has 0 aliphatic heterocycles. The molecule has 0 amide bonds. The lowest BCUT2D eigenvalue weighted by Crippen LogP contribution is -2.40. The number of carbonyl (C=O) groups is 1. The first-order valence-electron chi connectivity index (χ1n) is 4.39. The predicted octanol–water partition coefficient (Wildman–Crippen LogP) is 0.885. The zero-order valence-corrected chi connectivity index (χ0v) is 8.41. The lowest BCUT2D eigenvalue weighted by molar-refractivity contribution is -0.152. The van der Waals surface area contributed by atoms with E-state index in [4.69, 9.17) is 9.84 Å². The summed E-state index contributed by atoms with van der Waals surface area (Å²) in [5.74, 6) is -1.67. The third-order valence-electron chi connectivity index (χ3n) is 2.27. The van der Waals surface area contributed by atoms with Gasteiger partial charge in [0.05, 0.1) is 11.5 Å². The van der Waals surface area contributed by atoms with Crippen LogP contribution in [0.2, 0.25) is 0 Å². The zero-order valence-electron chi connectivity index (χ0n) is 8.41. The molecule has 78 valence electrons. The monoisotopic (exact) mass is 190 g/mol. The van der Waals surface area contributed by atoms with E-state index in [1.165, 1.54) is 14.0 Å². The summed E-state index contributed by atoms with van der Waals surface area (Å²) in [6.45, 7) is 3.66. The van der Waals surface area contributed by atoms with Gasteiger partial charge in [-0.2, -0.15) is 0 Å². The second-order valence-corrected chi connectivity index (χ2v) is 3.40. The standard InChI is InChI=1S/C9H18O4/c1-4-7(8(10)11)9(2,12)5-6-13-3/h7,12H,4-6H2,1-3H3,(H,10,11). The van der Waals surface area contributed by atoms with Gasteiger partial charge in [-0.3, -0.25) is 4.79 Å². The molecule has 0 saturated heterocycles. The molecule has 0 rings (SSSR count). The van der Waals surface area contributed by atoms with Crippen LogP contribution in [0.25, 0.3) is 0 Å². The number of aliphatic carboxylic acids is 1. The Morgan fingerprint density at radius 1 is 1.62 bits per heavy atom. The smallest absolute Gasteiger partial charge is 0.309 e. The van der Waals surface area contributed by atoms with Crippen molar-refractivity contribution in [2.45, 2.75) is 32.3 Å². The van der Waals surface area contributed by atoms with Gasteiger partial charge in [0, 0.05) is 20.1 Å². The van der Waals surface area contributed by atoms with Crippen molar-refractivity contribution in [3.8, 4) is 0 Å². The maximum Gasteiger partial charge on any atom is 0.309 e. The number of carboxylic acid groups (broad SMARTS) is 1. The number of methoxy groups -OCH3 is 1. The van der Waals surface area contributed by atoms with Gasteiger partial charge in [0.1, 0.15) is 0 Å². The summed E-state index contributed by atoms with van der Waals surface area (Å²) in [5.41, 5.74) is -1.18. The molecule has 2 N–H and O–H groups in total. The Balaban J connectivity index is 4.28. The number of aliphatic hydroxyl groups is 1. The van der Waals surface area contributed by atoms with Gasteiger partial charge in [-0.15, -0.1) is 0 Å². The number of ether oxygens (including phenoxy) is 1. The molecule has 0 radical (unpaired) electrons. The Morgan fingerprint density at radius 2 is 2.15 bits per heavy atom. The van der Waals surface area contributed by atoms with Crippen LogP contribution in [0.4, 0.5) is 0 Å². The van der Waals surface area contributed by atoms with Crippen molar-refractivity contribution in [2.75, 3.05) is 13.7 Å². The van der Waals surface area contributed by atoms with Crippen LogP contribution in [-0.4, -0.2) is 35.5 Å². The van der Waals surface area contributed by atoms with Gasteiger partial charge in [0.15, 0.2) is 0 Å². The van der Waals surface area contributed by atoms with E-state index in [1.807, 2.05) is 0 Å². The first-order chi connectivity index (χ1) is 5.95. The number of hydrogen-bond acceptors (Lipinski definition) is 3. The molecular formula is C9H18O4. The largest absolute Gasteiger partial charge is 0.481 e. The van der Waals surface area contributed by atoms with Crippen LogP contribution in [0.3, 0.4) is 0 Å². The summed E-state index contributed by atoms with van der Waals surface area (Å²) in [5, 5.41) is 18.6. The van der Waals surface area contributed by atoms with E-state index in [0.717, 1.165) is 0 Å². The van der Waals surface area contributed by atoms with Crippen LogP contribution < -0.4 is 0 Å². The van der Waals surface area contributed by atoms with Crippen LogP contribution in [0.1, 0.15) is 26.7 Å². The lowest BCUT2D eigenvalue weighted by atomic mass is 9.85. The molecule has 0 fully saturated rings. The summed E-state index contributed by atoms with van der Waals surface area (Å²) >= 11 is 0. The fraction of sp³-hybridized carbons (Fsp3) is 0.889. The van der Waals surface area contributed by atoms with Gasteiger partial charge in [-0.25, -0.2) is 0 Å². The molecule has 0 heterocycles. The molecule has 0 bridgehead atoms. The minimum absolute atomic E-state index is 0.342. The van der Waals surface area contributed by atoms with Gasteiger partial charge in [0.2, 0.25) is 0 Å². The maximum atomic E-state index is 10.7. The normalized spacial score (nSPS) is 17.8. The van der Waals surface area contributed by atoms with Gasteiger partial charge in [-0.05, 0) is 13.3 Å². The molecule has 0 saturated carbocycles. The van der Waals surface area contributed by atoms with Crippen LogP contribution >= 0.6 is 0 Å². The van der Waals surface area contributed by atoms with E-state index in [9.17, 15) is 9.90 Å². The first kappa shape index (κ1) is 12.4. The molecule has 0 aromatic rings. The van der Waals surface area contributed by atoms with E-state index in [0.29, 0.717) is 19.4 Å². The molecule has 0 aliphatic carbocycles. The fourth-order valence-electron chi connectivity index (χ4n) is 1.36. The second kappa shape index (κ2) is 5.19. The lowest BCUT2D eigenvalue weighted by Gasteiger charge is -2.28. The van der Waals surface area contributed by atoms with Crippen LogP contribution in [0, 0.1) is 5.92 Å². The summed E-state index contributed by atoms with van der Waals surface area (Å²) in [6, 6.07) is 0. The van der Waals surface area contributed by atoms with E-state index >= 15 is 0 Å². The zero-order chi connectivity index (χ0) is 10.5. The summed E-state index contributed by atoms with van der Waals surface area (Å²) in [7, 11) is 1.53. The molecule has 2 unspecified atom stereocenters.